The van der Waals surface area contributed by atoms with E-state index in [1.807, 2.05) is 0 Å². The van der Waals surface area contributed by atoms with Gasteiger partial charge in [0.15, 0.2) is 0 Å². The first-order valence-electron chi connectivity index (χ1n) is 7.09. The highest BCUT2D eigenvalue weighted by Gasteiger charge is 2.28. The van der Waals surface area contributed by atoms with Gasteiger partial charge in [0.1, 0.15) is 12.3 Å². The van der Waals surface area contributed by atoms with Crippen molar-refractivity contribution in [3.63, 3.8) is 0 Å². The van der Waals surface area contributed by atoms with Crippen molar-refractivity contribution in [1.29, 1.82) is 0 Å². The van der Waals surface area contributed by atoms with E-state index < -0.39 is 14.9 Å². The number of aromatic nitrogens is 2. The fraction of sp³-hybridized carbons (Fsp3) is 0.462. The molecule has 1 saturated heterocycles. The third kappa shape index (κ3) is 3.13. The highest BCUT2D eigenvalue weighted by Crippen LogP contribution is 2.25. The molecule has 0 saturated carbocycles. The molecular weight excluding hydrogens is 324 g/mol. The predicted octanol–water partition coefficient (Wildman–Crippen LogP) is 1.05. The summed E-state index contributed by atoms with van der Waals surface area (Å²) in [5.74, 6) is 0.175. The number of nitrogens with zero attached hydrogens (tertiary/aromatic N) is 4. The van der Waals surface area contributed by atoms with Crippen molar-refractivity contribution in [2.45, 2.75) is 18.9 Å². The van der Waals surface area contributed by atoms with Crippen LogP contribution in [0.15, 0.2) is 24.4 Å². The van der Waals surface area contributed by atoms with E-state index >= 15 is 0 Å². The van der Waals surface area contributed by atoms with Gasteiger partial charge in [-0.25, -0.2) is 17.7 Å². The minimum Gasteiger partial charge on any atom is -0.458 e. The molecular formula is C13H16N4O5S. The standard InChI is InChI=1S/C13H16N4O5S/c1-23(20,21)15-7-5-10(6-8-15)22-13-4-2-3-11-14-9-12(16(11)13)17(18)19/h2-4,9-10H,5-8H2,1H3. The Hall–Kier alpha value is -2.20. The zero-order valence-corrected chi connectivity index (χ0v) is 13.3. The van der Waals surface area contributed by atoms with Gasteiger partial charge in [0, 0.05) is 25.2 Å². The molecule has 23 heavy (non-hydrogen) atoms. The molecule has 0 unspecified atom stereocenters. The van der Waals surface area contributed by atoms with Crippen LogP contribution >= 0.6 is 0 Å². The molecule has 0 bridgehead atoms. The number of sulfonamides is 1. The fourth-order valence-corrected chi connectivity index (χ4v) is 3.54. The molecule has 0 N–H and O–H groups in total. The Balaban J connectivity index is 1.80. The van der Waals surface area contributed by atoms with Crippen LogP contribution in [0, 0.1) is 10.1 Å². The maximum absolute atomic E-state index is 11.5. The summed E-state index contributed by atoms with van der Waals surface area (Å²) in [6.07, 6.45) is 3.25. The summed E-state index contributed by atoms with van der Waals surface area (Å²) < 4.78 is 31.7. The molecule has 1 aliphatic rings. The molecule has 0 aliphatic carbocycles. The number of hydrogen-bond donors (Lipinski definition) is 0. The Labute approximate surface area is 132 Å². The first-order valence-corrected chi connectivity index (χ1v) is 8.94. The summed E-state index contributed by atoms with van der Waals surface area (Å²) >= 11 is 0. The maximum atomic E-state index is 11.5. The zero-order valence-electron chi connectivity index (χ0n) is 12.5. The zero-order chi connectivity index (χ0) is 16.6. The maximum Gasteiger partial charge on any atom is 0.350 e. The molecule has 3 heterocycles. The first kappa shape index (κ1) is 15.7. The number of piperidine rings is 1. The minimum atomic E-state index is -3.19. The lowest BCUT2D eigenvalue weighted by Gasteiger charge is -2.29. The quantitative estimate of drug-likeness (QED) is 0.608. The van der Waals surface area contributed by atoms with Crippen LogP contribution in [-0.4, -0.2) is 52.5 Å². The van der Waals surface area contributed by atoms with E-state index in [1.54, 1.807) is 18.2 Å². The lowest BCUT2D eigenvalue weighted by atomic mass is 10.1. The van der Waals surface area contributed by atoms with Crippen molar-refractivity contribution >= 4 is 21.5 Å². The van der Waals surface area contributed by atoms with Crippen LogP contribution in [0.3, 0.4) is 0 Å². The number of rotatable bonds is 4. The lowest BCUT2D eigenvalue weighted by molar-refractivity contribution is -0.390. The summed E-state index contributed by atoms with van der Waals surface area (Å²) in [5.41, 5.74) is 0.433. The predicted molar refractivity (Wildman–Crippen MR) is 81.9 cm³/mol. The van der Waals surface area contributed by atoms with Gasteiger partial charge in [0.2, 0.25) is 15.7 Å². The summed E-state index contributed by atoms with van der Waals surface area (Å²) in [7, 11) is -3.19. The van der Waals surface area contributed by atoms with E-state index in [2.05, 4.69) is 4.98 Å². The van der Waals surface area contributed by atoms with Crippen LogP contribution < -0.4 is 4.74 Å². The van der Waals surface area contributed by atoms with Crippen molar-refractivity contribution in [2.24, 2.45) is 0 Å². The van der Waals surface area contributed by atoms with Crippen LogP contribution in [0.4, 0.5) is 5.82 Å². The number of nitro groups is 1. The molecule has 1 aliphatic heterocycles. The van der Waals surface area contributed by atoms with E-state index in [4.69, 9.17) is 4.74 Å². The van der Waals surface area contributed by atoms with Gasteiger partial charge in [-0.2, -0.15) is 0 Å². The van der Waals surface area contributed by atoms with Gasteiger partial charge in [-0.15, -0.1) is 4.40 Å². The highest BCUT2D eigenvalue weighted by molar-refractivity contribution is 7.88. The van der Waals surface area contributed by atoms with Crippen LogP contribution in [0.2, 0.25) is 0 Å². The van der Waals surface area contributed by atoms with Crippen LogP contribution in [0.1, 0.15) is 12.8 Å². The Bertz CT molecular complexity index is 839. The molecule has 0 spiro atoms. The van der Waals surface area contributed by atoms with Crippen LogP contribution in [0.25, 0.3) is 5.65 Å². The van der Waals surface area contributed by atoms with E-state index in [1.165, 1.54) is 21.2 Å². The summed E-state index contributed by atoms with van der Waals surface area (Å²) in [6.45, 7) is 0.761. The summed E-state index contributed by atoms with van der Waals surface area (Å²) in [4.78, 5) is 14.6. The number of imidazole rings is 1. The second-order valence-electron chi connectivity index (χ2n) is 5.41. The molecule has 9 nitrogen and oxygen atoms in total. The van der Waals surface area contributed by atoms with Crippen molar-refractivity contribution in [3.05, 3.63) is 34.5 Å². The van der Waals surface area contributed by atoms with Crippen molar-refractivity contribution in [3.8, 4) is 5.88 Å². The molecule has 3 rings (SSSR count). The topological polar surface area (TPSA) is 107 Å². The van der Waals surface area contributed by atoms with Gasteiger partial charge in [-0.3, -0.25) is 0 Å². The normalized spacial score (nSPS) is 17.4. The van der Waals surface area contributed by atoms with Gasteiger partial charge >= 0.3 is 5.82 Å². The Morgan fingerprint density at radius 3 is 2.65 bits per heavy atom. The van der Waals surface area contributed by atoms with Crippen molar-refractivity contribution < 1.29 is 18.1 Å². The number of ether oxygens (including phenoxy) is 1. The van der Waals surface area contributed by atoms with Crippen LogP contribution in [-0.2, 0) is 10.0 Å². The molecule has 0 radical (unpaired) electrons. The monoisotopic (exact) mass is 340 g/mol. The van der Waals surface area contributed by atoms with Crippen molar-refractivity contribution in [1.82, 2.24) is 13.7 Å². The molecule has 10 heteroatoms. The smallest absolute Gasteiger partial charge is 0.350 e. The number of fused-ring (bicyclic) bond motifs is 1. The Morgan fingerprint density at radius 1 is 1.35 bits per heavy atom. The van der Waals surface area contributed by atoms with Crippen LogP contribution in [0.5, 0.6) is 5.88 Å². The Kier molecular flexibility index (Phi) is 3.94. The van der Waals surface area contributed by atoms with Gasteiger partial charge < -0.3 is 14.9 Å². The molecule has 124 valence electrons. The second-order valence-corrected chi connectivity index (χ2v) is 7.39. The highest BCUT2D eigenvalue weighted by atomic mass is 32.2. The third-order valence-corrected chi connectivity index (χ3v) is 5.12. The fourth-order valence-electron chi connectivity index (χ4n) is 2.66. The van der Waals surface area contributed by atoms with E-state index in [0.717, 1.165) is 0 Å². The molecule has 0 atom stereocenters. The molecule has 2 aromatic rings. The van der Waals surface area contributed by atoms with Crippen molar-refractivity contribution in [2.75, 3.05) is 19.3 Å². The first-order chi connectivity index (χ1) is 10.9. The largest absolute Gasteiger partial charge is 0.458 e. The third-order valence-electron chi connectivity index (χ3n) is 3.82. The number of pyridine rings is 1. The Morgan fingerprint density at radius 2 is 2.04 bits per heavy atom. The summed E-state index contributed by atoms with van der Waals surface area (Å²) in [5, 5.41) is 11.1. The van der Waals surface area contributed by atoms with Gasteiger partial charge in [-0.1, -0.05) is 0 Å². The number of hydrogen-bond acceptors (Lipinski definition) is 6. The van der Waals surface area contributed by atoms with E-state index in [-0.39, 0.29) is 11.9 Å². The average Bonchev–Trinajstić information content (AvgIpc) is 2.92. The molecule has 0 aromatic carbocycles. The average molecular weight is 340 g/mol. The summed E-state index contributed by atoms with van der Waals surface area (Å²) in [6, 6.07) is 5.02. The molecule has 2 aromatic heterocycles. The van der Waals surface area contributed by atoms with E-state index in [9.17, 15) is 18.5 Å². The minimum absolute atomic E-state index is 0.163. The second kappa shape index (κ2) is 5.78. The molecule has 0 amide bonds. The van der Waals surface area contributed by atoms with Gasteiger partial charge in [0.25, 0.3) is 5.88 Å². The van der Waals surface area contributed by atoms with Gasteiger partial charge in [0.05, 0.1) is 6.26 Å². The lowest BCUT2D eigenvalue weighted by Crippen LogP contribution is -2.41. The van der Waals surface area contributed by atoms with Gasteiger partial charge in [-0.05, 0) is 23.8 Å². The molecule has 1 fully saturated rings. The van der Waals surface area contributed by atoms with E-state index in [0.29, 0.717) is 37.5 Å². The SMILES string of the molecule is CS(=O)(=O)N1CCC(Oc2cccc3ncc([N+](=O)[O-])n23)CC1.